The largest absolute Gasteiger partial charge is 0.457 e. The Bertz CT molecular complexity index is 1260. The number of unbranched alkanes of at least 4 members (excludes halogenated alkanes) is 2. The summed E-state index contributed by atoms with van der Waals surface area (Å²) in [7, 11) is 0. The van der Waals surface area contributed by atoms with E-state index in [4.69, 9.17) is 4.74 Å². The molecule has 14 heteroatoms. The first-order chi connectivity index (χ1) is 20.6. The van der Waals surface area contributed by atoms with E-state index in [-0.39, 0.29) is 56.9 Å². The Labute approximate surface area is 253 Å². The minimum absolute atomic E-state index is 0.0540. The summed E-state index contributed by atoms with van der Waals surface area (Å²) in [6, 6.07) is 0. The van der Waals surface area contributed by atoms with Gasteiger partial charge in [-0.05, 0) is 63.5 Å². The van der Waals surface area contributed by atoms with Crippen LogP contribution in [0, 0.1) is 32.8 Å². The number of fused-ring (bicyclic) bond motifs is 5. The van der Waals surface area contributed by atoms with Gasteiger partial charge >= 0.3 is 5.97 Å². The third-order valence-electron chi connectivity index (χ3n) is 10.5. The van der Waals surface area contributed by atoms with Crippen LogP contribution in [0.15, 0.2) is 23.8 Å². The third kappa shape index (κ3) is 5.67. The van der Waals surface area contributed by atoms with Crippen molar-refractivity contribution >= 4 is 23.4 Å². The van der Waals surface area contributed by atoms with E-state index in [1.165, 1.54) is 18.2 Å². The predicted octanol–water partition coefficient (Wildman–Crippen LogP) is 1.45. The van der Waals surface area contributed by atoms with E-state index in [1.807, 2.05) is 0 Å². The van der Waals surface area contributed by atoms with Crippen molar-refractivity contribution in [2.45, 2.75) is 95.1 Å². The Kier molecular flexibility index (Phi) is 9.67. The molecule has 0 bridgehead atoms. The van der Waals surface area contributed by atoms with Gasteiger partial charge in [0.2, 0.25) is 11.7 Å². The number of halogens is 1. The first-order valence-corrected chi connectivity index (χ1v) is 15.1. The number of carbonyl (C=O) groups excluding carboxylic acids is 4. The number of aliphatic hydroxyl groups is 3. The Morgan fingerprint density at radius 1 is 1.14 bits per heavy atom. The first-order valence-electron chi connectivity index (χ1n) is 15.1. The number of Topliss-reactive ketones (excluding diaryl/α,β-unsaturated/α-hetero) is 1. The number of aliphatic hydroxyl groups excluding tert-OH is 2. The van der Waals surface area contributed by atoms with Gasteiger partial charge in [-0.1, -0.05) is 25.0 Å². The van der Waals surface area contributed by atoms with E-state index in [0.717, 1.165) is 0 Å². The van der Waals surface area contributed by atoms with Crippen LogP contribution in [0.25, 0.3) is 0 Å². The molecule has 0 heterocycles. The van der Waals surface area contributed by atoms with Crippen molar-refractivity contribution in [3.05, 3.63) is 33.9 Å². The molecule has 13 nitrogen and oxygen atoms in total. The van der Waals surface area contributed by atoms with Gasteiger partial charge in [0.15, 0.2) is 23.7 Å². The zero-order valence-corrected chi connectivity index (χ0v) is 25.0. The lowest BCUT2D eigenvalue weighted by atomic mass is 9.44. The zero-order valence-electron chi connectivity index (χ0n) is 25.0. The number of carbonyl (C=O) groups is 4. The number of amides is 1. The van der Waals surface area contributed by atoms with Gasteiger partial charge in [0.1, 0.15) is 0 Å². The van der Waals surface area contributed by atoms with E-state index in [1.54, 1.807) is 13.8 Å². The molecular weight excluding hydrogens is 583 g/mol. The molecule has 8 atom stereocenters. The lowest BCUT2D eigenvalue weighted by Crippen LogP contribution is -2.69. The van der Waals surface area contributed by atoms with Gasteiger partial charge in [-0.25, -0.2) is 4.39 Å². The monoisotopic (exact) mass is 624 g/mol. The average Bonchev–Trinajstić information content (AvgIpc) is 3.16. The van der Waals surface area contributed by atoms with Crippen molar-refractivity contribution in [1.82, 2.24) is 5.32 Å². The highest BCUT2D eigenvalue weighted by molar-refractivity contribution is 6.01. The molecule has 0 unspecified atom stereocenters. The number of nitrogens with one attached hydrogen (secondary N) is 1. The predicted molar refractivity (Wildman–Crippen MR) is 150 cm³/mol. The van der Waals surface area contributed by atoms with Crippen molar-refractivity contribution in [3.8, 4) is 0 Å². The van der Waals surface area contributed by atoms with Crippen LogP contribution >= 0.6 is 0 Å². The molecule has 0 aliphatic heterocycles. The smallest absolute Gasteiger partial charge is 0.308 e. The maximum atomic E-state index is 17.2. The lowest BCUT2D eigenvalue weighted by Gasteiger charge is -2.62. The van der Waals surface area contributed by atoms with E-state index in [9.17, 15) is 44.6 Å². The Balaban J connectivity index is 1.32. The van der Waals surface area contributed by atoms with Gasteiger partial charge in [0.25, 0.3) is 5.09 Å². The van der Waals surface area contributed by atoms with Crippen LogP contribution < -0.4 is 5.32 Å². The lowest BCUT2D eigenvalue weighted by molar-refractivity contribution is -0.757. The molecule has 4 aliphatic carbocycles. The van der Waals surface area contributed by atoms with Gasteiger partial charge in [-0.3, -0.25) is 19.2 Å². The van der Waals surface area contributed by atoms with Crippen molar-refractivity contribution in [2.75, 3.05) is 19.8 Å². The van der Waals surface area contributed by atoms with Crippen LogP contribution in [0.4, 0.5) is 4.39 Å². The molecule has 3 fully saturated rings. The number of alkyl halides is 1. The molecular formula is C30H41FN2O11. The number of esters is 1. The Morgan fingerprint density at radius 2 is 1.86 bits per heavy atom. The topological polar surface area (TPSA) is 203 Å². The minimum Gasteiger partial charge on any atom is -0.457 e. The molecule has 0 aromatic rings. The molecule has 0 spiro atoms. The standard InChI is InChI=1S/C30H41FN2O11/c1-27-11-9-19(34)14-18(27)7-8-20-21-15-22(35)30(40,28(21,2)16-23(36)29(20,27)31)24(37)17-43-26(39)10-12-32-25(38)6-4-3-5-13-44-33(41)42/h9,11,14,20-23,35-36,40H,3-8,10,12-13,15-17H2,1-2H3,(H,32,38)/t20-,21-,22-,23-,27-,28-,29-,30-/m0/s1. The molecule has 44 heavy (non-hydrogen) atoms. The van der Waals surface area contributed by atoms with E-state index >= 15 is 4.39 Å². The SMILES string of the molecule is C[C@]12C=CC(=O)C=C1CC[C@H]1[C@@H]3C[C@H](O)[C@](O)(C(=O)COC(=O)CCNC(=O)CCCCCO[N+](=O)[O-])[C@@]3(C)C[C@H](O)[C@@]12F. The van der Waals surface area contributed by atoms with Gasteiger partial charge in [0, 0.05) is 29.7 Å². The third-order valence-corrected chi connectivity index (χ3v) is 10.5. The van der Waals surface area contributed by atoms with Gasteiger partial charge in [-0.2, -0.15) is 0 Å². The Morgan fingerprint density at radius 3 is 2.57 bits per heavy atom. The number of nitrogens with zero attached hydrogens (tertiary/aromatic N) is 1. The average molecular weight is 625 g/mol. The van der Waals surface area contributed by atoms with Crippen molar-refractivity contribution in [1.29, 1.82) is 0 Å². The van der Waals surface area contributed by atoms with E-state index in [2.05, 4.69) is 10.2 Å². The molecule has 4 rings (SSSR count). The summed E-state index contributed by atoms with van der Waals surface area (Å²) in [6.45, 7) is 2.22. The summed E-state index contributed by atoms with van der Waals surface area (Å²) in [5.74, 6) is -3.88. The van der Waals surface area contributed by atoms with Crippen LogP contribution in [-0.4, -0.2) is 87.1 Å². The van der Waals surface area contributed by atoms with Crippen LogP contribution in [0.5, 0.6) is 0 Å². The summed E-state index contributed by atoms with van der Waals surface area (Å²) in [5, 5.41) is 45.9. The van der Waals surface area contributed by atoms with Gasteiger partial charge in [0.05, 0.1) is 25.2 Å². The highest BCUT2D eigenvalue weighted by Gasteiger charge is 2.76. The summed E-state index contributed by atoms with van der Waals surface area (Å²) in [4.78, 5) is 63.9. The molecule has 3 saturated carbocycles. The Hall–Kier alpha value is -3.23. The molecule has 244 valence electrons. The second-order valence-electron chi connectivity index (χ2n) is 12.8. The van der Waals surface area contributed by atoms with Crippen molar-refractivity contribution in [2.24, 2.45) is 22.7 Å². The molecule has 4 N–H and O–H groups in total. The number of hydrogen-bond acceptors (Lipinski definition) is 11. The zero-order chi connectivity index (χ0) is 32.5. The quantitative estimate of drug-likeness (QED) is 0.0999. The fraction of sp³-hybridized carbons (Fsp3) is 0.733. The number of rotatable bonds is 13. The number of ether oxygens (including phenoxy) is 1. The maximum absolute atomic E-state index is 17.2. The molecule has 1 amide bonds. The number of ketones is 2. The molecule has 0 aromatic carbocycles. The molecule has 0 radical (unpaired) electrons. The minimum atomic E-state index is -2.41. The maximum Gasteiger partial charge on any atom is 0.308 e. The van der Waals surface area contributed by atoms with Crippen molar-refractivity contribution in [3.63, 3.8) is 0 Å². The molecule has 0 saturated heterocycles. The highest BCUT2D eigenvalue weighted by atomic mass is 19.1. The summed E-state index contributed by atoms with van der Waals surface area (Å²) < 4.78 is 22.3. The first kappa shape index (κ1) is 33.7. The van der Waals surface area contributed by atoms with Crippen molar-refractivity contribution < 1.29 is 53.5 Å². The summed E-state index contributed by atoms with van der Waals surface area (Å²) >= 11 is 0. The normalized spacial score (nSPS) is 37.2. The number of allylic oxidation sites excluding steroid dienone is 4. The molecule has 0 aromatic heterocycles. The van der Waals surface area contributed by atoms with E-state index < -0.39 is 69.6 Å². The fourth-order valence-corrected chi connectivity index (χ4v) is 8.15. The van der Waals surface area contributed by atoms with Gasteiger partial charge < -0.3 is 30.2 Å². The summed E-state index contributed by atoms with van der Waals surface area (Å²) in [5.41, 5.74) is -6.71. The van der Waals surface area contributed by atoms with Gasteiger partial charge in [-0.15, -0.1) is 10.1 Å². The number of hydrogen-bond donors (Lipinski definition) is 4. The second-order valence-corrected chi connectivity index (χ2v) is 12.8. The van der Waals surface area contributed by atoms with Crippen LogP contribution in [-0.2, 0) is 28.8 Å². The van der Waals surface area contributed by atoms with Crippen LogP contribution in [0.1, 0.15) is 71.6 Å². The second kappa shape index (κ2) is 12.6. The van der Waals surface area contributed by atoms with Crippen LogP contribution in [0.2, 0.25) is 0 Å². The van der Waals surface area contributed by atoms with Crippen LogP contribution in [0.3, 0.4) is 0 Å². The molecule has 4 aliphatic rings. The summed E-state index contributed by atoms with van der Waals surface area (Å²) in [6.07, 6.45) is 2.51. The van der Waals surface area contributed by atoms with E-state index in [0.29, 0.717) is 31.3 Å². The highest BCUT2D eigenvalue weighted by Crippen LogP contribution is 2.69. The fourth-order valence-electron chi connectivity index (χ4n) is 8.15.